The van der Waals surface area contributed by atoms with Crippen LogP contribution in [0, 0.1) is 6.92 Å². The molecule has 0 bridgehead atoms. The Labute approximate surface area is 123 Å². The summed E-state index contributed by atoms with van der Waals surface area (Å²) in [7, 11) is 0. The Morgan fingerprint density at radius 1 is 1.24 bits per heavy atom. The quantitative estimate of drug-likeness (QED) is 0.878. The molecular weight excluding hydrogens is 283 g/mol. The average Bonchev–Trinajstić information content (AvgIpc) is 2.32. The molecule has 21 heavy (non-hydrogen) atoms. The zero-order valence-electron chi connectivity index (χ0n) is 12.7. The van der Waals surface area contributed by atoms with E-state index < -0.39 is 18.9 Å². The average molecular weight is 305 g/mol. The third kappa shape index (κ3) is 6.35. The minimum Gasteiger partial charge on any atom is -0.490 e. The molecule has 0 aliphatic rings. The Morgan fingerprint density at radius 3 is 2.38 bits per heavy atom. The smallest absolute Gasteiger partial charge is 0.417 e. The van der Waals surface area contributed by atoms with Gasteiger partial charge in [-0.1, -0.05) is 17.7 Å². The van der Waals surface area contributed by atoms with Gasteiger partial charge in [-0.3, -0.25) is 0 Å². The minimum absolute atomic E-state index is 0.119. The molecule has 1 rings (SSSR count). The van der Waals surface area contributed by atoms with E-state index in [2.05, 4.69) is 5.32 Å². The van der Waals surface area contributed by atoms with E-state index in [4.69, 9.17) is 9.84 Å². The van der Waals surface area contributed by atoms with Gasteiger partial charge in [0, 0.05) is 17.6 Å². The van der Waals surface area contributed by atoms with Crippen molar-refractivity contribution in [1.82, 2.24) is 5.32 Å². The number of aliphatic hydroxyl groups is 1. The predicted molar refractivity (Wildman–Crippen MR) is 75.3 cm³/mol. The van der Waals surface area contributed by atoms with E-state index in [0.717, 1.165) is 11.1 Å². The molecule has 0 aliphatic heterocycles. The van der Waals surface area contributed by atoms with Crippen LogP contribution in [0.1, 0.15) is 31.9 Å². The fourth-order valence-electron chi connectivity index (χ4n) is 1.61. The first-order chi connectivity index (χ1) is 9.49. The lowest BCUT2D eigenvalue weighted by Gasteiger charge is -2.22. The highest BCUT2D eigenvalue weighted by molar-refractivity contribution is 5.37. The molecule has 0 heterocycles. The van der Waals surface area contributed by atoms with Crippen molar-refractivity contribution in [2.75, 3.05) is 6.61 Å². The highest BCUT2D eigenvalue weighted by Gasteiger charge is 2.38. The number of hydrogen-bond donors (Lipinski definition) is 2. The molecule has 0 radical (unpaired) electrons. The largest absolute Gasteiger partial charge is 0.490 e. The lowest BCUT2D eigenvalue weighted by atomic mass is 10.1. The van der Waals surface area contributed by atoms with E-state index in [1.54, 1.807) is 12.1 Å². The Bertz CT molecular complexity index is 467. The molecular formula is C15H22F3NO2. The molecule has 1 aromatic carbocycles. The van der Waals surface area contributed by atoms with Gasteiger partial charge in [-0.25, -0.2) is 0 Å². The second-order valence-electron chi connectivity index (χ2n) is 6.08. The van der Waals surface area contributed by atoms with Crippen molar-refractivity contribution < 1.29 is 23.0 Å². The first-order valence-corrected chi connectivity index (χ1v) is 6.71. The zero-order valence-corrected chi connectivity index (χ0v) is 12.7. The van der Waals surface area contributed by atoms with Gasteiger partial charge < -0.3 is 15.2 Å². The van der Waals surface area contributed by atoms with E-state index >= 15 is 0 Å². The Balaban J connectivity index is 2.77. The van der Waals surface area contributed by atoms with E-state index in [1.165, 1.54) is 0 Å². The molecule has 120 valence electrons. The van der Waals surface area contributed by atoms with Crippen LogP contribution in [0.15, 0.2) is 18.2 Å². The van der Waals surface area contributed by atoms with Gasteiger partial charge in [-0.05, 0) is 33.8 Å². The summed E-state index contributed by atoms with van der Waals surface area (Å²) in [5, 5.41) is 12.2. The van der Waals surface area contributed by atoms with Gasteiger partial charge in [0.2, 0.25) is 0 Å². The number of benzene rings is 1. The van der Waals surface area contributed by atoms with Crippen LogP contribution in [0.4, 0.5) is 13.2 Å². The first kappa shape index (κ1) is 17.8. The van der Waals surface area contributed by atoms with Crippen LogP contribution < -0.4 is 10.1 Å². The van der Waals surface area contributed by atoms with Crippen LogP contribution in [-0.4, -0.2) is 29.5 Å². The van der Waals surface area contributed by atoms with Gasteiger partial charge in [0.15, 0.2) is 6.10 Å². The van der Waals surface area contributed by atoms with E-state index in [0.29, 0.717) is 12.3 Å². The molecule has 1 atom stereocenters. The van der Waals surface area contributed by atoms with Gasteiger partial charge >= 0.3 is 6.18 Å². The maximum atomic E-state index is 12.3. The molecule has 6 heteroatoms. The number of nitrogens with one attached hydrogen (secondary N) is 1. The molecule has 0 amide bonds. The molecule has 0 aromatic heterocycles. The first-order valence-electron chi connectivity index (χ1n) is 6.71. The van der Waals surface area contributed by atoms with Gasteiger partial charge in [0.25, 0.3) is 0 Å². The van der Waals surface area contributed by atoms with Gasteiger partial charge in [-0.2, -0.15) is 13.2 Å². The molecule has 0 spiro atoms. The van der Waals surface area contributed by atoms with Crippen molar-refractivity contribution >= 4 is 0 Å². The molecule has 0 fully saturated rings. The van der Waals surface area contributed by atoms with Crippen LogP contribution >= 0.6 is 0 Å². The highest BCUT2D eigenvalue weighted by Crippen LogP contribution is 2.24. The molecule has 1 unspecified atom stereocenters. The van der Waals surface area contributed by atoms with Crippen molar-refractivity contribution in [1.29, 1.82) is 0 Å². The van der Waals surface area contributed by atoms with Crippen LogP contribution in [0.3, 0.4) is 0 Å². The minimum atomic E-state index is -4.67. The topological polar surface area (TPSA) is 41.5 Å². The molecule has 0 saturated heterocycles. The number of hydrogen-bond acceptors (Lipinski definition) is 3. The van der Waals surface area contributed by atoms with Crippen molar-refractivity contribution in [2.45, 2.75) is 52.1 Å². The van der Waals surface area contributed by atoms with Crippen molar-refractivity contribution in [2.24, 2.45) is 0 Å². The van der Waals surface area contributed by atoms with Crippen molar-refractivity contribution in [3.05, 3.63) is 29.3 Å². The number of alkyl halides is 3. The summed E-state index contributed by atoms with van der Waals surface area (Å²) in [5.41, 5.74) is 1.63. The van der Waals surface area contributed by atoms with Gasteiger partial charge in [0.05, 0.1) is 0 Å². The van der Waals surface area contributed by atoms with Gasteiger partial charge in [-0.15, -0.1) is 0 Å². The fourth-order valence-corrected chi connectivity index (χ4v) is 1.61. The van der Waals surface area contributed by atoms with Crippen LogP contribution in [0.2, 0.25) is 0 Å². The normalized spacial score (nSPS) is 14.1. The molecule has 1 aromatic rings. The Morgan fingerprint density at radius 2 is 1.86 bits per heavy atom. The fraction of sp³-hybridized carbons (Fsp3) is 0.600. The summed E-state index contributed by atoms with van der Waals surface area (Å²) in [4.78, 5) is 0. The second kappa shape index (κ2) is 6.66. The monoisotopic (exact) mass is 305 g/mol. The third-order valence-corrected chi connectivity index (χ3v) is 2.80. The number of aliphatic hydroxyl groups excluding tert-OH is 1. The number of aryl methyl sites for hydroxylation is 1. The maximum Gasteiger partial charge on any atom is 0.417 e. The molecule has 2 N–H and O–H groups in total. The summed E-state index contributed by atoms with van der Waals surface area (Å²) >= 11 is 0. The summed E-state index contributed by atoms with van der Waals surface area (Å²) in [6, 6.07) is 5.24. The maximum absolute atomic E-state index is 12.3. The van der Waals surface area contributed by atoms with Gasteiger partial charge in [0.1, 0.15) is 12.4 Å². The van der Waals surface area contributed by atoms with Crippen LogP contribution in [-0.2, 0) is 6.54 Å². The summed E-state index contributed by atoms with van der Waals surface area (Å²) < 4.78 is 42.0. The lowest BCUT2D eigenvalue weighted by Crippen LogP contribution is -2.36. The Kier molecular flexibility index (Phi) is 5.64. The number of rotatable bonds is 5. The van der Waals surface area contributed by atoms with Crippen LogP contribution in [0.5, 0.6) is 5.75 Å². The SMILES string of the molecule is Cc1ccc(OCC(O)C(F)(F)F)c(CNC(C)(C)C)c1. The molecule has 3 nitrogen and oxygen atoms in total. The molecule has 0 saturated carbocycles. The standard InChI is InChI=1S/C15H22F3NO2/c1-10-5-6-12(21-9-13(20)15(16,17)18)11(7-10)8-19-14(2,3)4/h5-7,13,19-20H,8-9H2,1-4H3. The predicted octanol–water partition coefficient (Wildman–Crippen LogP) is 3.19. The van der Waals surface area contributed by atoms with Crippen molar-refractivity contribution in [3.8, 4) is 5.75 Å². The van der Waals surface area contributed by atoms with E-state index in [1.807, 2.05) is 33.8 Å². The summed E-state index contributed by atoms with van der Waals surface area (Å²) in [6.07, 6.45) is -7.16. The van der Waals surface area contributed by atoms with Crippen LogP contribution in [0.25, 0.3) is 0 Å². The van der Waals surface area contributed by atoms with Crippen molar-refractivity contribution in [3.63, 3.8) is 0 Å². The summed E-state index contributed by atoms with van der Waals surface area (Å²) in [6.45, 7) is 7.55. The van der Waals surface area contributed by atoms with E-state index in [-0.39, 0.29) is 5.54 Å². The third-order valence-electron chi connectivity index (χ3n) is 2.80. The molecule has 0 aliphatic carbocycles. The summed E-state index contributed by atoms with van der Waals surface area (Å²) in [5.74, 6) is 0.348. The second-order valence-corrected chi connectivity index (χ2v) is 6.08. The number of halogens is 3. The highest BCUT2D eigenvalue weighted by atomic mass is 19.4. The lowest BCUT2D eigenvalue weighted by molar-refractivity contribution is -0.210. The number of ether oxygens (including phenoxy) is 1. The Hall–Kier alpha value is -1.27. The zero-order chi connectivity index (χ0) is 16.3. The van der Waals surface area contributed by atoms with E-state index in [9.17, 15) is 13.2 Å².